The third-order valence-corrected chi connectivity index (χ3v) is 6.58. The number of carboxylic acids is 1. The first-order valence-corrected chi connectivity index (χ1v) is 11.7. The Morgan fingerprint density at radius 3 is 2.22 bits per heavy atom. The number of aliphatic hydroxyl groups is 1. The van der Waals surface area contributed by atoms with E-state index in [0.29, 0.717) is 16.9 Å². The summed E-state index contributed by atoms with van der Waals surface area (Å²) in [6.45, 7) is 0.0210. The molecule has 37 heavy (non-hydrogen) atoms. The minimum absolute atomic E-state index is 0.0210. The number of amides is 1. The summed E-state index contributed by atoms with van der Waals surface area (Å²) < 4.78 is 5.24. The monoisotopic (exact) mass is 520 g/mol. The molecule has 3 aromatic carbocycles. The molecular weight excluding hydrogens is 496 g/mol. The van der Waals surface area contributed by atoms with Crippen molar-refractivity contribution < 1.29 is 29.3 Å². The average Bonchev–Trinajstić information content (AvgIpc) is 3.14. The molecule has 1 fully saturated rings. The maximum atomic E-state index is 13.3. The van der Waals surface area contributed by atoms with Gasteiger partial charge in [0.1, 0.15) is 11.5 Å². The van der Waals surface area contributed by atoms with Gasteiger partial charge < -0.3 is 24.7 Å². The molecule has 1 saturated heterocycles. The summed E-state index contributed by atoms with van der Waals surface area (Å²) in [6.07, 6.45) is 0. The van der Waals surface area contributed by atoms with Crippen LogP contribution in [-0.4, -0.2) is 54.0 Å². The Kier molecular flexibility index (Phi) is 7.22. The fourth-order valence-corrected chi connectivity index (χ4v) is 4.46. The maximum absolute atomic E-state index is 13.3. The number of aliphatic hydroxyl groups excluding tert-OH is 1. The van der Waals surface area contributed by atoms with E-state index in [0.717, 1.165) is 5.69 Å². The number of hydrogen-bond acceptors (Lipinski definition) is 6. The van der Waals surface area contributed by atoms with Gasteiger partial charge in [0, 0.05) is 31.9 Å². The normalized spacial score (nSPS) is 16.6. The van der Waals surface area contributed by atoms with Gasteiger partial charge in [-0.25, -0.2) is 4.79 Å². The number of ketones is 1. The molecule has 3 aromatic rings. The summed E-state index contributed by atoms with van der Waals surface area (Å²) in [4.78, 5) is 41.1. The molecule has 0 aliphatic carbocycles. The van der Waals surface area contributed by atoms with Crippen LogP contribution < -0.4 is 9.64 Å². The molecule has 1 unspecified atom stereocenters. The molecule has 0 saturated carbocycles. The molecule has 0 spiro atoms. The molecule has 1 heterocycles. The number of carboxylic acid groups (broad SMARTS) is 1. The van der Waals surface area contributed by atoms with Crippen molar-refractivity contribution >= 4 is 40.7 Å². The minimum Gasteiger partial charge on any atom is -0.507 e. The van der Waals surface area contributed by atoms with Crippen molar-refractivity contribution in [1.29, 1.82) is 0 Å². The van der Waals surface area contributed by atoms with Crippen LogP contribution in [0.5, 0.6) is 5.75 Å². The first kappa shape index (κ1) is 25.8. The molecule has 8 nitrogen and oxygen atoms in total. The van der Waals surface area contributed by atoms with Crippen LogP contribution >= 0.6 is 11.6 Å². The van der Waals surface area contributed by atoms with E-state index in [1.807, 2.05) is 31.1 Å². The number of carbonyl (C=O) groups is 3. The molecule has 0 bridgehead atoms. The zero-order chi connectivity index (χ0) is 26.9. The number of carbonyl (C=O) groups excluding carboxylic acids is 2. The molecule has 190 valence electrons. The highest BCUT2D eigenvalue weighted by Crippen LogP contribution is 2.42. The summed E-state index contributed by atoms with van der Waals surface area (Å²) in [6, 6.07) is 17.1. The van der Waals surface area contributed by atoms with Crippen LogP contribution in [0.2, 0.25) is 5.02 Å². The highest BCUT2D eigenvalue weighted by Gasteiger charge is 2.46. The van der Waals surface area contributed by atoms with E-state index in [1.165, 1.54) is 36.3 Å². The Bertz CT molecular complexity index is 1400. The maximum Gasteiger partial charge on any atom is 0.335 e. The number of likely N-dealkylation sites (tertiary alicyclic amines) is 1. The number of benzene rings is 3. The lowest BCUT2D eigenvalue weighted by Gasteiger charge is -2.26. The van der Waals surface area contributed by atoms with E-state index in [4.69, 9.17) is 16.3 Å². The van der Waals surface area contributed by atoms with Gasteiger partial charge in [-0.05, 0) is 53.6 Å². The molecule has 2 N–H and O–H groups in total. The van der Waals surface area contributed by atoms with Gasteiger partial charge in [-0.15, -0.1) is 0 Å². The molecule has 1 atom stereocenters. The highest BCUT2D eigenvalue weighted by atomic mass is 35.5. The second-order valence-corrected chi connectivity index (χ2v) is 9.17. The van der Waals surface area contributed by atoms with Gasteiger partial charge in [-0.1, -0.05) is 35.9 Å². The lowest BCUT2D eigenvalue weighted by Crippen LogP contribution is -2.29. The van der Waals surface area contributed by atoms with Crippen molar-refractivity contribution in [3.63, 3.8) is 0 Å². The van der Waals surface area contributed by atoms with Gasteiger partial charge in [0.15, 0.2) is 0 Å². The second kappa shape index (κ2) is 10.4. The predicted molar refractivity (Wildman–Crippen MR) is 140 cm³/mol. The van der Waals surface area contributed by atoms with E-state index in [9.17, 15) is 24.6 Å². The number of halogens is 1. The Balaban J connectivity index is 1.85. The molecule has 0 radical (unpaired) electrons. The molecule has 9 heteroatoms. The largest absolute Gasteiger partial charge is 0.507 e. The fourth-order valence-electron chi connectivity index (χ4n) is 4.25. The van der Waals surface area contributed by atoms with Crippen molar-refractivity contribution in [3.05, 3.63) is 99.6 Å². The molecule has 1 amide bonds. The number of anilines is 1. The fraction of sp³-hybridized carbons (Fsp3) is 0.179. The third-order valence-electron chi connectivity index (χ3n) is 6.25. The lowest BCUT2D eigenvalue weighted by molar-refractivity contribution is -0.140. The Hall–Kier alpha value is -4.30. The standard InChI is InChI=1S/C28H25ClN2O6/c1-30(2)19-10-8-17(9-11-19)24-23(25(32)21-14-20(37-3)12-13-22(21)29)26(33)27(34)31(24)15-16-4-6-18(7-5-16)28(35)36/h4-14,24,32H,15H2,1-3H3,(H,35,36)/b25-23+. The predicted octanol–water partition coefficient (Wildman–Crippen LogP) is 4.73. The average molecular weight is 521 g/mol. The summed E-state index contributed by atoms with van der Waals surface area (Å²) in [7, 11) is 5.26. The van der Waals surface area contributed by atoms with Gasteiger partial charge in [-0.3, -0.25) is 9.59 Å². The van der Waals surface area contributed by atoms with Crippen molar-refractivity contribution in [2.24, 2.45) is 0 Å². The van der Waals surface area contributed by atoms with Crippen molar-refractivity contribution in [1.82, 2.24) is 4.90 Å². The number of rotatable bonds is 7. The number of Topliss-reactive ketones (excluding diaryl/α,β-unsaturated/α-hetero) is 1. The zero-order valence-corrected chi connectivity index (χ0v) is 21.2. The smallest absolute Gasteiger partial charge is 0.335 e. The first-order valence-electron chi connectivity index (χ1n) is 11.3. The Labute approximate surface area is 219 Å². The van der Waals surface area contributed by atoms with E-state index in [1.54, 1.807) is 30.3 Å². The number of ether oxygens (including phenoxy) is 1. The summed E-state index contributed by atoms with van der Waals surface area (Å²) in [5, 5.41) is 20.7. The SMILES string of the molecule is COc1ccc(Cl)c(/C(O)=C2\C(=O)C(=O)N(Cc3ccc(C(=O)O)cc3)C2c2ccc(N(C)C)cc2)c1. The van der Waals surface area contributed by atoms with Crippen LogP contribution in [0.25, 0.3) is 5.76 Å². The van der Waals surface area contributed by atoms with Crippen LogP contribution in [0.3, 0.4) is 0 Å². The van der Waals surface area contributed by atoms with Gasteiger partial charge in [0.2, 0.25) is 0 Å². The summed E-state index contributed by atoms with van der Waals surface area (Å²) in [5.41, 5.74) is 2.34. The van der Waals surface area contributed by atoms with E-state index >= 15 is 0 Å². The molecule has 4 rings (SSSR count). The lowest BCUT2D eigenvalue weighted by atomic mass is 9.94. The summed E-state index contributed by atoms with van der Waals surface area (Å²) >= 11 is 6.35. The molecule has 0 aromatic heterocycles. The number of aromatic carboxylic acids is 1. The number of nitrogens with zero attached hydrogens (tertiary/aromatic N) is 2. The Morgan fingerprint density at radius 2 is 1.65 bits per heavy atom. The Morgan fingerprint density at radius 1 is 1.00 bits per heavy atom. The molecular formula is C28H25ClN2O6. The second-order valence-electron chi connectivity index (χ2n) is 8.76. The van der Waals surface area contributed by atoms with Crippen LogP contribution in [0, 0.1) is 0 Å². The van der Waals surface area contributed by atoms with Gasteiger partial charge in [0.05, 0.1) is 29.3 Å². The topological polar surface area (TPSA) is 107 Å². The van der Waals surface area contributed by atoms with Gasteiger partial charge >= 0.3 is 5.97 Å². The van der Waals surface area contributed by atoms with E-state index in [2.05, 4.69) is 0 Å². The highest BCUT2D eigenvalue weighted by molar-refractivity contribution is 6.47. The van der Waals surface area contributed by atoms with Crippen molar-refractivity contribution in [3.8, 4) is 5.75 Å². The molecule has 1 aliphatic heterocycles. The third kappa shape index (κ3) is 5.01. The quantitative estimate of drug-likeness (QED) is 0.263. The van der Waals surface area contributed by atoms with Crippen LogP contribution in [0.15, 0.2) is 72.3 Å². The summed E-state index contributed by atoms with van der Waals surface area (Å²) in [5.74, 6) is -2.69. The minimum atomic E-state index is -1.07. The van der Waals surface area contributed by atoms with Crippen molar-refractivity contribution in [2.75, 3.05) is 26.1 Å². The number of hydrogen-bond donors (Lipinski definition) is 2. The van der Waals surface area contributed by atoms with Crippen LogP contribution in [0.4, 0.5) is 5.69 Å². The van der Waals surface area contributed by atoms with Crippen LogP contribution in [-0.2, 0) is 16.1 Å². The number of methoxy groups -OCH3 is 1. The van der Waals surface area contributed by atoms with Crippen molar-refractivity contribution in [2.45, 2.75) is 12.6 Å². The first-order chi connectivity index (χ1) is 17.6. The molecule has 1 aliphatic rings. The van der Waals surface area contributed by atoms with E-state index in [-0.39, 0.29) is 28.3 Å². The van der Waals surface area contributed by atoms with E-state index < -0.39 is 29.5 Å². The van der Waals surface area contributed by atoms with Gasteiger partial charge in [0.25, 0.3) is 11.7 Å². The zero-order valence-electron chi connectivity index (χ0n) is 20.4. The van der Waals surface area contributed by atoms with Gasteiger partial charge in [-0.2, -0.15) is 0 Å². The van der Waals surface area contributed by atoms with Crippen LogP contribution in [0.1, 0.15) is 33.1 Å².